The molecule has 0 saturated heterocycles. The molecule has 2 aliphatic carbocycles. The van der Waals surface area contributed by atoms with Crippen LogP contribution in [0.15, 0.2) is 60.8 Å². The first-order valence-electron chi connectivity index (χ1n) is 13.5. The number of aromatic nitrogens is 2. The van der Waals surface area contributed by atoms with Gasteiger partial charge in [0.05, 0.1) is 34.1 Å². The maximum absolute atomic E-state index is 12.2. The zero-order chi connectivity index (χ0) is 25.4. The van der Waals surface area contributed by atoms with Gasteiger partial charge in [0.25, 0.3) is 0 Å². The Balaban J connectivity index is 0.00000294. The Morgan fingerprint density at radius 3 is 2.24 bits per heavy atom. The summed E-state index contributed by atoms with van der Waals surface area (Å²) in [6.45, 7) is 0. The first-order chi connectivity index (χ1) is 18.1. The number of hydrogen-bond acceptors (Lipinski definition) is 4. The average Bonchev–Trinajstić information content (AvgIpc) is 3.55. The summed E-state index contributed by atoms with van der Waals surface area (Å²) in [6, 6.07) is 18.9. The van der Waals surface area contributed by atoms with Crippen LogP contribution >= 0.6 is 11.6 Å². The Kier molecular flexibility index (Phi) is 8.49. The molecule has 2 aromatic heterocycles. The number of carbonyl (C=O) groups is 1. The number of hydrogen-bond donors (Lipinski definition) is 1. The van der Waals surface area contributed by atoms with Gasteiger partial charge in [-0.25, -0.2) is 4.98 Å². The van der Waals surface area contributed by atoms with Gasteiger partial charge >= 0.3 is 29.6 Å². The Morgan fingerprint density at radius 1 is 0.895 bits per heavy atom. The molecule has 0 spiro atoms. The molecule has 0 unspecified atom stereocenters. The largest absolute Gasteiger partial charge is 1.00 e. The van der Waals surface area contributed by atoms with Gasteiger partial charge in [-0.2, -0.15) is 0 Å². The number of rotatable bonds is 6. The summed E-state index contributed by atoms with van der Waals surface area (Å²) in [4.78, 5) is 16.8. The van der Waals surface area contributed by atoms with E-state index in [0.29, 0.717) is 28.7 Å². The first kappa shape index (κ1) is 27.3. The van der Waals surface area contributed by atoms with Crippen molar-refractivity contribution in [1.29, 1.82) is 0 Å². The molecule has 5 nitrogen and oxygen atoms in total. The van der Waals surface area contributed by atoms with Crippen molar-refractivity contribution in [2.75, 3.05) is 5.32 Å². The van der Waals surface area contributed by atoms with Gasteiger partial charge in [0, 0.05) is 11.4 Å². The third kappa shape index (κ3) is 5.40. The van der Waals surface area contributed by atoms with Crippen LogP contribution in [-0.4, -0.2) is 21.6 Å². The predicted octanol–water partition coefficient (Wildman–Crippen LogP) is 4.12. The van der Waals surface area contributed by atoms with E-state index in [4.69, 9.17) is 11.6 Å². The number of aromatic carboxylic acids is 1. The fraction of sp³-hybridized carbons (Fsp3) is 0.355. The van der Waals surface area contributed by atoms with Crippen LogP contribution in [0.4, 0.5) is 5.69 Å². The first-order valence-corrected chi connectivity index (χ1v) is 13.8. The number of pyridine rings is 1. The maximum Gasteiger partial charge on any atom is 1.00 e. The SMILES string of the molecule is O=C([O-])c1c(Cl)c2cc(-c3ccc(C4CCCCC4)cc3)ccc2n1-c1ccc(NC2CCCC2)cn1.[Na+]. The molecule has 2 saturated carbocycles. The van der Waals surface area contributed by atoms with E-state index < -0.39 is 5.97 Å². The number of nitrogens with one attached hydrogen (secondary N) is 1. The van der Waals surface area contributed by atoms with Crippen LogP contribution in [0.25, 0.3) is 27.8 Å². The predicted molar refractivity (Wildman–Crippen MR) is 148 cm³/mol. The Labute approximate surface area is 250 Å². The molecule has 7 heteroatoms. The molecule has 4 aromatic rings. The summed E-state index contributed by atoms with van der Waals surface area (Å²) in [6.07, 6.45) is 13.1. The van der Waals surface area contributed by atoms with Gasteiger partial charge in [-0.15, -0.1) is 0 Å². The fourth-order valence-electron chi connectivity index (χ4n) is 6.14. The van der Waals surface area contributed by atoms with Crippen molar-refractivity contribution in [3.63, 3.8) is 0 Å². The topological polar surface area (TPSA) is 70.0 Å². The minimum absolute atomic E-state index is 0. The number of carboxylic acid groups (broad SMARTS) is 1. The summed E-state index contributed by atoms with van der Waals surface area (Å²) in [5, 5.41) is 16.5. The molecule has 38 heavy (non-hydrogen) atoms. The van der Waals surface area contributed by atoms with Crippen molar-refractivity contribution in [2.24, 2.45) is 0 Å². The molecule has 190 valence electrons. The summed E-state index contributed by atoms with van der Waals surface area (Å²) >= 11 is 6.66. The van der Waals surface area contributed by atoms with Crippen LogP contribution in [0, 0.1) is 0 Å². The van der Waals surface area contributed by atoms with Crippen molar-refractivity contribution in [1.82, 2.24) is 9.55 Å². The Hall–Kier alpha value is -2.31. The zero-order valence-electron chi connectivity index (χ0n) is 21.9. The van der Waals surface area contributed by atoms with E-state index in [9.17, 15) is 9.90 Å². The van der Waals surface area contributed by atoms with E-state index in [1.54, 1.807) is 10.8 Å². The monoisotopic (exact) mass is 535 g/mol. The van der Waals surface area contributed by atoms with Gasteiger partial charge < -0.3 is 15.2 Å². The standard InChI is InChI=1S/C31H32ClN3O2.Na/c32-29-26-18-23(22-12-10-21(11-13-22)20-6-2-1-3-7-20)14-16-27(26)35(30(29)31(36)37)28-17-15-25(19-33-28)34-24-8-4-5-9-24;/h10-20,24,34H,1-9H2,(H,36,37);/q;+1/p-1. The molecule has 2 aromatic carbocycles. The van der Waals surface area contributed by atoms with Gasteiger partial charge in [-0.1, -0.05) is 74.0 Å². The smallest absolute Gasteiger partial charge is 0.543 e. The number of anilines is 1. The van der Waals surface area contributed by atoms with E-state index in [1.807, 2.05) is 30.3 Å². The van der Waals surface area contributed by atoms with E-state index in [-0.39, 0.29) is 40.3 Å². The molecular weight excluding hydrogens is 505 g/mol. The van der Waals surface area contributed by atoms with E-state index in [2.05, 4.69) is 34.6 Å². The second-order valence-corrected chi connectivity index (χ2v) is 10.9. The molecular formula is C31H31ClN3NaO2. The maximum atomic E-state index is 12.2. The van der Waals surface area contributed by atoms with E-state index in [0.717, 1.165) is 16.8 Å². The molecule has 2 aliphatic rings. The van der Waals surface area contributed by atoms with Crippen LogP contribution in [-0.2, 0) is 0 Å². The molecule has 0 bridgehead atoms. The molecule has 1 N–H and O–H groups in total. The number of carboxylic acids is 1. The number of fused-ring (bicyclic) bond motifs is 1. The number of carbonyl (C=O) groups excluding carboxylic acids is 1. The average molecular weight is 536 g/mol. The molecule has 6 rings (SSSR count). The van der Waals surface area contributed by atoms with E-state index >= 15 is 0 Å². The Bertz CT molecular complexity index is 1420. The van der Waals surface area contributed by atoms with Crippen LogP contribution < -0.4 is 40.0 Å². The molecule has 0 aliphatic heterocycles. The van der Waals surface area contributed by atoms with E-state index in [1.165, 1.54) is 63.4 Å². The summed E-state index contributed by atoms with van der Waals surface area (Å²) in [7, 11) is 0. The van der Waals surface area contributed by atoms with Crippen molar-refractivity contribution < 1.29 is 39.5 Å². The summed E-state index contributed by atoms with van der Waals surface area (Å²) in [5.41, 5.74) is 5.04. The van der Waals surface area contributed by atoms with Crippen LogP contribution in [0.5, 0.6) is 0 Å². The molecule has 0 amide bonds. The minimum Gasteiger partial charge on any atom is -0.543 e. The summed E-state index contributed by atoms with van der Waals surface area (Å²) < 4.78 is 1.59. The molecule has 2 heterocycles. The van der Waals surface area contributed by atoms with Gasteiger partial charge in [0.1, 0.15) is 5.82 Å². The third-order valence-electron chi connectivity index (χ3n) is 8.12. The van der Waals surface area contributed by atoms with Crippen LogP contribution in [0.1, 0.15) is 79.8 Å². The number of benzene rings is 2. The van der Waals surface area contributed by atoms with Crippen molar-refractivity contribution in [3.8, 4) is 16.9 Å². The second kappa shape index (κ2) is 11.8. The number of halogens is 1. The molecule has 2 fully saturated rings. The molecule has 0 atom stereocenters. The van der Waals surface area contributed by atoms with Gasteiger partial charge in [-0.05, 0) is 72.6 Å². The number of nitrogens with zero attached hydrogens (tertiary/aromatic N) is 2. The Morgan fingerprint density at radius 2 is 1.58 bits per heavy atom. The van der Waals surface area contributed by atoms with Crippen molar-refractivity contribution >= 4 is 34.2 Å². The van der Waals surface area contributed by atoms with Crippen molar-refractivity contribution in [3.05, 3.63) is 77.1 Å². The third-order valence-corrected chi connectivity index (χ3v) is 8.50. The van der Waals surface area contributed by atoms with Gasteiger partial charge in [-0.3, -0.25) is 4.57 Å². The van der Waals surface area contributed by atoms with Crippen LogP contribution in [0.2, 0.25) is 5.02 Å². The second-order valence-electron chi connectivity index (χ2n) is 10.5. The normalized spacial score (nSPS) is 16.4. The minimum atomic E-state index is -1.32. The van der Waals surface area contributed by atoms with Gasteiger partial charge in [0.15, 0.2) is 0 Å². The molecule has 0 radical (unpaired) electrons. The fourth-order valence-corrected chi connectivity index (χ4v) is 6.46. The summed E-state index contributed by atoms with van der Waals surface area (Å²) in [5.74, 6) is -0.168. The van der Waals surface area contributed by atoms with Gasteiger partial charge in [0.2, 0.25) is 0 Å². The zero-order valence-corrected chi connectivity index (χ0v) is 24.6. The van der Waals surface area contributed by atoms with Crippen LogP contribution in [0.3, 0.4) is 0 Å². The van der Waals surface area contributed by atoms with Crippen molar-refractivity contribution in [2.45, 2.75) is 69.7 Å². The quantitative estimate of drug-likeness (QED) is 0.377.